The van der Waals surface area contributed by atoms with Gasteiger partial charge in [-0.2, -0.15) is 0 Å². The van der Waals surface area contributed by atoms with Crippen LogP contribution in [0.1, 0.15) is 51.4 Å². The Morgan fingerprint density at radius 3 is 0.500 bits per heavy atom. The quantitative estimate of drug-likeness (QED) is 0.278. The first kappa shape index (κ1) is 28.6. The van der Waals surface area contributed by atoms with Gasteiger partial charge in [0.1, 0.15) is 0 Å². The van der Waals surface area contributed by atoms with Crippen LogP contribution >= 0.6 is 0 Å². The summed E-state index contributed by atoms with van der Waals surface area (Å²) in [6.45, 7) is 0. The second-order valence-electron chi connectivity index (χ2n) is 4.20. The largest absolute Gasteiger partial charge is 3.00 e. The van der Waals surface area contributed by atoms with Crippen molar-refractivity contribution < 1.29 is 56.7 Å². The molecule has 0 aromatic heterocycles. The smallest absolute Gasteiger partial charge is 1.00 e. The van der Waals surface area contributed by atoms with E-state index in [1.54, 1.807) is 0 Å². The van der Waals surface area contributed by atoms with E-state index < -0.39 is 0 Å². The predicted octanol–water partition coefficient (Wildman–Crippen LogP) is -3.64. The molecule has 0 saturated heterocycles. The summed E-state index contributed by atoms with van der Waals surface area (Å²) in [5.74, 6) is 0. The van der Waals surface area contributed by atoms with Gasteiger partial charge in [0.2, 0.25) is 0 Å². The molecule has 0 amide bonds. The fraction of sp³-hybridized carbons (Fsp3) is 0.500. The Labute approximate surface area is 156 Å². The summed E-state index contributed by atoms with van der Waals surface area (Å²) < 4.78 is 0. The maximum Gasteiger partial charge on any atom is 3.00 e. The minimum atomic E-state index is 0. The van der Waals surface area contributed by atoms with Crippen molar-refractivity contribution in [3.63, 3.8) is 0 Å². The van der Waals surface area contributed by atoms with Crippen LogP contribution in [0.25, 0.3) is 0 Å². The van der Waals surface area contributed by atoms with Gasteiger partial charge in [0.05, 0.1) is 0 Å². The number of hydrogen-bond acceptors (Lipinski definition) is 0. The average Bonchev–Trinajstić information content (AvgIpc) is 2.15. The third kappa shape index (κ3) is 20.8. The zero-order valence-corrected chi connectivity index (χ0v) is 15.6. The Balaban J connectivity index is -0.000000107. The molecule has 0 heterocycles. The summed E-state index contributed by atoms with van der Waals surface area (Å²) in [5.41, 5.74) is 0. The third-order valence-corrected chi connectivity index (χ3v) is 2.67. The summed E-state index contributed by atoms with van der Waals surface area (Å²) in [5, 5.41) is 0. The predicted molar refractivity (Wildman–Crippen MR) is 73.5 cm³/mol. The first-order chi connectivity index (χ1) is 8.00. The van der Waals surface area contributed by atoms with Gasteiger partial charge in [0.25, 0.3) is 0 Å². The standard InChI is InChI=1S/2C8H12.3ClH.Rh/c2*1-2-4-6-8-7-5-3-1;;;;/h2*1-2,7-8H,3-6H2;3*1H;/q;;;;;+3/p-3/b2*2-1-,8-7-;;;;. The summed E-state index contributed by atoms with van der Waals surface area (Å²) in [4.78, 5) is 0. The molecule has 0 atom stereocenters. The van der Waals surface area contributed by atoms with E-state index in [9.17, 15) is 0 Å². The molecule has 0 fully saturated rings. The minimum absolute atomic E-state index is 0. The van der Waals surface area contributed by atoms with Crippen LogP contribution in [-0.4, -0.2) is 0 Å². The fourth-order valence-corrected chi connectivity index (χ4v) is 1.71. The number of allylic oxidation sites excluding steroid dienone is 8. The van der Waals surface area contributed by atoms with E-state index in [1.807, 2.05) is 0 Å². The molecule has 2 aliphatic rings. The number of hydrogen-bond donors (Lipinski definition) is 0. The summed E-state index contributed by atoms with van der Waals surface area (Å²) >= 11 is 0. The van der Waals surface area contributed by atoms with Crippen molar-refractivity contribution in [1.29, 1.82) is 0 Å². The summed E-state index contributed by atoms with van der Waals surface area (Å²) in [7, 11) is 0. The molecule has 0 nitrogen and oxygen atoms in total. The summed E-state index contributed by atoms with van der Waals surface area (Å²) in [6.07, 6.45) is 28.0. The van der Waals surface area contributed by atoms with E-state index in [2.05, 4.69) is 48.6 Å². The molecule has 0 N–H and O–H groups in total. The molecule has 0 saturated carbocycles. The van der Waals surface area contributed by atoms with Gasteiger partial charge in [-0.15, -0.1) is 0 Å². The normalized spacial score (nSPS) is 22.4. The van der Waals surface area contributed by atoms with Crippen LogP contribution in [0.3, 0.4) is 0 Å². The molecule has 0 radical (unpaired) electrons. The van der Waals surface area contributed by atoms with Crippen LogP contribution in [0, 0.1) is 0 Å². The van der Waals surface area contributed by atoms with Gasteiger partial charge in [-0.1, -0.05) is 48.6 Å². The topological polar surface area (TPSA) is 0 Å². The van der Waals surface area contributed by atoms with E-state index in [-0.39, 0.29) is 56.7 Å². The Kier molecular flexibility index (Phi) is 35.0. The Bertz CT molecular complexity index is 191. The van der Waals surface area contributed by atoms with Crippen molar-refractivity contribution in [2.24, 2.45) is 0 Å². The molecule has 0 aliphatic heterocycles. The van der Waals surface area contributed by atoms with E-state index in [0.717, 1.165) is 0 Å². The van der Waals surface area contributed by atoms with Crippen LogP contribution in [0.5, 0.6) is 0 Å². The molecular weight excluding hydrogens is 401 g/mol. The molecule has 0 aromatic rings. The Morgan fingerprint density at radius 1 is 0.300 bits per heavy atom. The minimum Gasteiger partial charge on any atom is -1.00 e. The number of halogens is 3. The van der Waals surface area contributed by atoms with Crippen molar-refractivity contribution in [2.45, 2.75) is 51.4 Å². The van der Waals surface area contributed by atoms with Gasteiger partial charge in [-0.25, -0.2) is 0 Å². The molecule has 2 rings (SSSR count). The molecule has 2 aliphatic carbocycles. The van der Waals surface area contributed by atoms with Crippen LogP contribution < -0.4 is 37.2 Å². The summed E-state index contributed by atoms with van der Waals surface area (Å²) in [6, 6.07) is 0. The molecule has 20 heavy (non-hydrogen) atoms. The maximum absolute atomic E-state index is 2.27. The van der Waals surface area contributed by atoms with Crippen molar-refractivity contribution in [3.8, 4) is 0 Å². The molecule has 0 unspecified atom stereocenters. The zero-order chi connectivity index (χ0) is 11.3. The SMILES string of the molecule is C1=C\CC/C=C\CC/1.C1=C\CC/C=C\CC/1.[Cl-].[Cl-].[Cl-].[Rh+3]. The second-order valence-corrected chi connectivity index (χ2v) is 4.20. The van der Waals surface area contributed by atoms with Gasteiger partial charge < -0.3 is 37.2 Å². The average molecular weight is 426 g/mol. The molecule has 0 aromatic carbocycles. The zero-order valence-electron chi connectivity index (χ0n) is 11.7. The second kappa shape index (κ2) is 24.5. The molecular formula is C16H24Cl3Rh. The van der Waals surface area contributed by atoms with E-state index in [1.165, 1.54) is 51.4 Å². The van der Waals surface area contributed by atoms with E-state index >= 15 is 0 Å². The number of rotatable bonds is 0. The maximum atomic E-state index is 2.27. The molecule has 0 spiro atoms. The van der Waals surface area contributed by atoms with E-state index in [0.29, 0.717) is 0 Å². The monoisotopic (exact) mass is 424 g/mol. The van der Waals surface area contributed by atoms with Crippen molar-refractivity contribution >= 4 is 0 Å². The van der Waals surface area contributed by atoms with Gasteiger partial charge in [-0.3, -0.25) is 0 Å². The van der Waals surface area contributed by atoms with Gasteiger partial charge in [0, 0.05) is 0 Å². The van der Waals surface area contributed by atoms with Gasteiger partial charge >= 0.3 is 19.5 Å². The molecule has 118 valence electrons. The van der Waals surface area contributed by atoms with Gasteiger partial charge in [-0.05, 0) is 51.4 Å². The van der Waals surface area contributed by atoms with Gasteiger partial charge in [0.15, 0.2) is 0 Å². The van der Waals surface area contributed by atoms with Crippen LogP contribution in [0.2, 0.25) is 0 Å². The van der Waals surface area contributed by atoms with Crippen molar-refractivity contribution in [3.05, 3.63) is 48.6 Å². The van der Waals surface area contributed by atoms with Crippen molar-refractivity contribution in [2.75, 3.05) is 0 Å². The molecule has 0 bridgehead atoms. The van der Waals surface area contributed by atoms with Crippen LogP contribution in [0.15, 0.2) is 48.6 Å². The Hall–Kier alpha value is 0.453. The van der Waals surface area contributed by atoms with Crippen LogP contribution in [0.4, 0.5) is 0 Å². The third-order valence-electron chi connectivity index (χ3n) is 2.67. The fourth-order valence-electron chi connectivity index (χ4n) is 1.71. The first-order valence-electron chi connectivity index (χ1n) is 6.60. The first-order valence-corrected chi connectivity index (χ1v) is 6.60. The molecule has 4 heteroatoms. The Morgan fingerprint density at radius 2 is 0.400 bits per heavy atom. The van der Waals surface area contributed by atoms with Crippen LogP contribution in [-0.2, 0) is 19.5 Å². The van der Waals surface area contributed by atoms with E-state index in [4.69, 9.17) is 0 Å². The van der Waals surface area contributed by atoms with Crippen molar-refractivity contribution in [1.82, 2.24) is 0 Å².